The van der Waals surface area contributed by atoms with Crippen LogP contribution < -0.4 is 16.4 Å². The lowest BCUT2D eigenvalue weighted by atomic mass is 10.1. The van der Waals surface area contributed by atoms with Crippen LogP contribution in [0.5, 0.6) is 0 Å². The molecule has 0 aliphatic carbocycles. The molecule has 0 saturated carbocycles. The third kappa shape index (κ3) is 3.76. The molecule has 0 aliphatic rings. The zero-order valence-corrected chi connectivity index (χ0v) is 13.8. The van der Waals surface area contributed by atoms with E-state index in [4.69, 9.17) is 10.2 Å². The Morgan fingerprint density at radius 2 is 1.93 bits per heavy atom. The van der Waals surface area contributed by atoms with Crippen LogP contribution >= 0.6 is 0 Å². The molecule has 2 heterocycles. The lowest BCUT2D eigenvalue weighted by molar-refractivity contribution is -0.158. The first-order valence-electron chi connectivity index (χ1n) is 7.56. The molecule has 0 unspecified atom stereocenters. The minimum atomic E-state index is -4.88. The number of amides is 2. The number of nitrogens with two attached hydrogens (primary N) is 1. The number of halogens is 4. The highest BCUT2D eigenvalue weighted by atomic mass is 19.4. The summed E-state index contributed by atoms with van der Waals surface area (Å²) < 4.78 is 59.5. The van der Waals surface area contributed by atoms with Crippen LogP contribution in [0.1, 0.15) is 17.4 Å². The highest BCUT2D eigenvalue weighted by Crippen LogP contribution is 2.39. The van der Waals surface area contributed by atoms with Crippen molar-refractivity contribution in [2.45, 2.75) is 19.1 Å². The van der Waals surface area contributed by atoms with Gasteiger partial charge in [-0.25, -0.2) is 19.2 Å². The number of carbonyl (C=O) groups excluding carboxylic acids is 1. The van der Waals surface area contributed by atoms with Gasteiger partial charge in [-0.05, 0) is 13.0 Å². The second kappa shape index (κ2) is 6.74. The number of nitrogens with zero attached hydrogens (tertiary/aromatic N) is 2. The van der Waals surface area contributed by atoms with E-state index in [9.17, 15) is 22.4 Å². The number of rotatable bonds is 3. The lowest BCUT2D eigenvalue weighted by Gasteiger charge is -2.20. The molecular formula is C16H13F4N5O2. The molecule has 0 fully saturated rings. The van der Waals surface area contributed by atoms with Gasteiger partial charge in [-0.3, -0.25) is 0 Å². The zero-order chi connectivity index (χ0) is 19.8. The van der Waals surface area contributed by atoms with Gasteiger partial charge in [0, 0.05) is 10.9 Å². The summed E-state index contributed by atoms with van der Waals surface area (Å²) in [6.07, 6.45) is -2.62. The number of hydrogen-bond donors (Lipinski definition) is 3. The molecule has 1 atom stereocenters. The van der Waals surface area contributed by atoms with Crippen LogP contribution in [-0.2, 0) is 0 Å². The van der Waals surface area contributed by atoms with E-state index < -0.39 is 29.8 Å². The Morgan fingerprint density at radius 1 is 1.26 bits per heavy atom. The summed E-state index contributed by atoms with van der Waals surface area (Å²) in [5.74, 6) is -1.47. The van der Waals surface area contributed by atoms with Crippen LogP contribution in [0.2, 0.25) is 0 Å². The van der Waals surface area contributed by atoms with E-state index in [2.05, 4.69) is 15.3 Å². The number of carbonyl (C=O) groups is 1. The van der Waals surface area contributed by atoms with Gasteiger partial charge in [0.1, 0.15) is 5.76 Å². The monoisotopic (exact) mass is 383 g/mol. The highest BCUT2D eigenvalue weighted by Gasteiger charge is 2.45. The number of nitrogens with one attached hydrogen (secondary N) is 2. The minimum absolute atomic E-state index is 0.0370. The maximum absolute atomic E-state index is 13.8. The van der Waals surface area contributed by atoms with E-state index in [1.54, 1.807) is 5.32 Å². The number of alkyl halides is 3. The SMILES string of the molecule is Cc1c([C@@H](NC(=O)Nc2cnc(N)nc2)C(F)(F)F)oc2c(F)cccc12. The Kier molecular flexibility index (Phi) is 4.60. The lowest BCUT2D eigenvalue weighted by Crippen LogP contribution is -2.40. The molecule has 2 aromatic heterocycles. The van der Waals surface area contributed by atoms with Gasteiger partial charge < -0.3 is 20.8 Å². The van der Waals surface area contributed by atoms with Crippen molar-refractivity contribution in [3.8, 4) is 0 Å². The molecule has 4 N–H and O–H groups in total. The number of aryl methyl sites for hydroxylation is 1. The van der Waals surface area contributed by atoms with Crippen molar-refractivity contribution in [1.29, 1.82) is 0 Å². The molecule has 3 aromatic rings. The summed E-state index contributed by atoms with van der Waals surface area (Å²) in [5.41, 5.74) is 5.09. The average Bonchev–Trinajstić information content (AvgIpc) is 2.92. The third-order valence-electron chi connectivity index (χ3n) is 3.75. The first-order chi connectivity index (χ1) is 12.7. The molecule has 0 bridgehead atoms. The second-order valence-corrected chi connectivity index (χ2v) is 5.61. The predicted molar refractivity (Wildman–Crippen MR) is 88.3 cm³/mol. The summed E-state index contributed by atoms with van der Waals surface area (Å²) >= 11 is 0. The van der Waals surface area contributed by atoms with E-state index in [-0.39, 0.29) is 28.2 Å². The number of fused-ring (bicyclic) bond motifs is 1. The third-order valence-corrected chi connectivity index (χ3v) is 3.75. The van der Waals surface area contributed by atoms with Crippen molar-refractivity contribution in [2.24, 2.45) is 0 Å². The Bertz CT molecular complexity index is 985. The topological polar surface area (TPSA) is 106 Å². The van der Waals surface area contributed by atoms with Gasteiger partial charge in [0.15, 0.2) is 17.4 Å². The van der Waals surface area contributed by atoms with Crippen molar-refractivity contribution in [1.82, 2.24) is 15.3 Å². The largest absolute Gasteiger partial charge is 0.455 e. The number of urea groups is 1. The van der Waals surface area contributed by atoms with Crippen LogP contribution in [0, 0.1) is 12.7 Å². The number of anilines is 2. The Labute approximate surface area is 149 Å². The fraction of sp³-hybridized carbons (Fsp3) is 0.188. The number of aromatic nitrogens is 2. The van der Waals surface area contributed by atoms with Gasteiger partial charge in [0.2, 0.25) is 5.95 Å². The van der Waals surface area contributed by atoms with Gasteiger partial charge in [0.05, 0.1) is 18.1 Å². The summed E-state index contributed by atoms with van der Waals surface area (Å²) in [4.78, 5) is 19.2. The van der Waals surface area contributed by atoms with E-state index >= 15 is 0 Å². The number of para-hydroxylation sites is 1. The smallest absolute Gasteiger partial charge is 0.416 e. The first-order valence-corrected chi connectivity index (χ1v) is 7.56. The molecule has 27 heavy (non-hydrogen) atoms. The molecular weight excluding hydrogens is 370 g/mol. The van der Waals surface area contributed by atoms with Crippen molar-refractivity contribution < 1.29 is 26.8 Å². The van der Waals surface area contributed by atoms with E-state index in [1.165, 1.54) is 19.1 Å². The number of furan rings is 1. The number of benzene rings is 1. The van der Waals surface area contributed by atoms with Crippen LogP contribution in [-0.4, -0.2) is 22.2 Å². The molecule has 1 aromatic carbocycles. The quantitative estimate of drug-likeness (QED) is 0.599. The maximum Gasteiger partial charge on any atom is 0.416 e. The summed E-state index contributed by atoms with van der Waals surface area (Å²) in [7, 11) is 0. The summed E-state index contributed by atoms with van der Waals surface area (Å²) in [5, 5.41) is 4.13. The average molecular weight is 383 g/mol. The van der Waals surface area contributed by atoms with E-state index in [0.29, 0.717) is 0 Å². The van der Waals surface area contributed by atoms with Crippen LogP contribution in [0.25, 0.3) is 11.0 Å². The number of hydrogen-bond acceptors (Lipinski definition) is 5. The van der Waals surface area contributed by atoms with E-state index in [1.807, 2.05) is 0 Å². The molecule has 0 radical (unpaired) electrons. The van der Waals surface area contributed by atoms with Crippen LogP contribution in [0.4, 0.5) is 34.0 Å². The molecule has 142 valence electrons. The highest BCUT2D eigenvalue weighted by molar-refractivity contribution is 5.89. The minimum Gasteiger partial charge on any atom is -0.455 e. The fourth-order valence-corrected chi connectivity index (χ4v) is 2.50. The van der Waals surface area contributed by atoms with E-state index in [0.717, 1.165) is 18.5 Å². The maximum atomic E-state index is 13.8. The zero-order valence-electron chi connectivity index (χ0n) is 13.8. The Morgan fingerprint density at radius 3 is 2.52 bits per heavy atom. The van der Waals surface area contributed by atoms with Gasteiger partial charge in [0.25, 0.3) is 0 Å². The summed E-state index contributed by atoms with van der Waals surface area (Å²) in [6.45, 7) is 1.35. The van der Waals surface area contributed by atoms with Crippen LogP contribution in [0.3, 0.4) is 0 Å². The van der Waals surface area contributed by atoms with Crippen molar-refractivity contribution in [2.75, 3.05) is 11.1 Å². The molecule has 0 aliphatic heterocycles. The van der Waals surface area contributed by atoms with Gasteiger partial charge in [-0.15, -0.1) is 0 Å². The van der Waals surface area contributed by atoms with Crippen molar-refractivity contribution >= 4 is 28.6 Å². The second-order valence-electron chi connectivity index (χ2n) is 5.61. The van der Waals surface area contributed by atoms with Gasteiger partial charge in [-0.2, -0.15) is 13.2 Å². The van der Waals surface area contributed by atoms with Gasteiger partial charge >= 0.3 is 12.2 Å². The standard InChI is InChI=1S/C16H13F4N5O2/c1-7-9-3-2-4-10(17)12(9)27-11(7)13(16(18,19)20)25-15(26)24-8-5-22-14(21)23-6-8/h2-6,13H,1H3,(H2,21,22,23)(H2,24,25,26)/t13-/m1/s1. The molecule has 7 nitrogen and oxygen atoms in total. The molecule has 3 rings (SSSR count). The molecule has 0 spiro atoms. The fourth-order valence-electron chi connectivity index (χ4n) is 2.50. The van der Waals surface area contributed by atoms with Crippen molar-refractivity contribution in [3.05, 3.63) is 47.7 Å². The normalized spacial score (nSPS) is 12.8. The predicted octanol–water partition coefficient (Wildman–Crippen LogP) is 3.68. The van der Waals surface area contributed by atoms with Crippen LogP contribution in [0.15, 0.2) is 35.0 Å². The molecule has 11 heteroatoms. The van der Waals surface area contributed by atoms with Gasteiger partial charge in [-0.1, -0.05) is 12.1 Å². The Balaban J connectivity index is 1.91. The molecule has 0 saturated heterocycles. The molecule has 2 amide bonds. The first kappa shape index (κ1) is 18.4. The summed E-state index contributed by atoms with van der Waals surface area (Å²) in [6, 6.07) is 0.192. The number of nitrogen functional groups attached to an aromatic ring is 1. The Hall–Kier alpha value is -3.37. The van der Waals surface area contributed by atoms with Crippen molar-refractivity contribution in [3.63, 3.8) is 0 Å².